The Balaban J connectivity index is 2.11. The van der Waals surface area contributed by atoms with Gasteiger partial charge in [-0.25, -0.2) is 0 Å². The van der Waals surface area contributed by atoms with Gasteiger partial charge in [-0.15, -0.1) is 0 Å². The Morgan fingerprint density at radius 3 is 3.06 bits per heavy atom. The molecule has 0 heterocycles. The third kappa shape index (κ3) is 1.65. The molecule has 0 radical (unpaired) electrons. The second kappa shape index (κ2) is 4.15. The maximum absolute atomic E-state index is 10.6. The van der Waals surface area contributed by atoms with Crippen LogP contribution in [-0.2, 0) is 4.79 Å². The van der Waals surface area contributed by atoms with Crippen LogP contribution >= 0.6 is 0 Å². The first-order valence-corrected chi connectivity index (χ1v) is 6.32. The summed E-state index contributed by atoms with van der Waals surface area (Å²) < 4.78 is 0. The SMILES string of the molecule is O=CNc1cccc2c1C1CCCC(C1)C2O. The highest BCUT2D eigenvalue weighted by Crippen LogP contribution is 2.50. The molecule has 2 aliphatic carbocycles. The van der Waals surface area contributed by atoms with Gasteiger partial charge in [0, 0.05) is 5.69 Å². The van der Waals surface area contributed by atoms with E-state index in [0.29, 0.717) is 11.8 Å². The molecule has 1 aromatic carbocycles. The predicted octanol–water partition coefficient (Wildman–Crippen LogP) is 2.58. The van der Waals surface area contributed by atoms with Gasteiger partial charge in [-0.2, -0.15) is 0 Å². The van der Waals surface area contributed by atoms with E-state index in [0.717, 1.165) is 30.5 Å². The fourth-order valence-corrected chi connectivity index (χ4v) is 3.52. The van der Waals surface area contributed by atoms with Gasteiger partial charge in [-0.05, 0) is 48.3 Å². The van der Waals surface area contributed by atoms with Crippen molar-refractivity contribution < 1.29 is 9.90 Å². The molecule has 1 saturated carbocycles. The van der Waals surface area contributed by atoms with Gasteiger partial charge in [0.05, 0.1) is 6.10 Å². The Kier molecular flexibility index (Phi) is 2.63. The molecular weight excluding hydrogens is 214 g/mol. The van der Waals surface area contributed by atoms with Crippen LogP contribution in [0.3, 0.4) is 0 Å². The maximum Gasteiger partial charge on any atom is 0.211 e. The fourth-order valence-electron chi connectivity index (χ4n) is 3.52. The molecule has 2 N–H and O–H groups in total. The first-order valence-electron chi connectivity index (χ1n) is 6.32. The summed E-state index contributed by atoms with van der Waals surface area (Å²) in [6.07, 6.45) is 4.91. The van der Waals surface area contributed by atoms with Crippen LogP contribution in [0.4, 0.5) is 5.69 Å². The van der Waals surface area contributed by atoms with Gasteiger partial charge in [0.25, 0.3) is 0 Å². The molecule has 2 aliphatic rings. The first-order chi connectivity index (χ1) is 8.31. The number of aliphatic hydroxyl groups is 1. The number of anilines is 1. The lowest BCUT2D eigenvalue weighted by atomic mass is 9.67. The van der Waals surface area contributed by atoms with Crippen molar-refractivity contribution in [3.63, 3.8) is 0 Å². The van der Waals surface area contributed by atoms with Crippen molar-refractivity contribution in [2.45, 2.75) is 37.7 Å². The van der Waals surface area contributed by atoms with E-state index in [2.05, 4.69) is 5.32 Å². The van der Waals surface area contributed by atoms with Crippen molar-refractivity contribution >= 4 is 12.1 Å². The average molecular weight is 231 g/mol. The average Bonchev–Trinajstić information content (AvgIpc) is 2.37. The maximum atomic E-state index is 10.6. The van der Waals surface area contributed by atoms with Crippen LogP contribution in [0.25, 0.3) is 0 Å². The van der Waals surface area contributed by atoms with Crippen LogP contribution in [0.5, 0.6) is 0 Å². The molecule has 1 fully saturated rings. The summed E-state index contributed by atoms with van der Waals surface area (Å²) in [6, 6.07) is 5.84. The molecule has 3 heteroatoms. The normalized spacial score (nSPS) is 30.5. The number of amides is 1. The van der Waals surface area contributed by atoms with Gasteiger partial charge in [-0.3, -0.25) is 4.79 Å². The van der Waals surface area contributed by atoms with Gasteiger partial charge >= 0.3 is 0 Å². The van der Waals surface area contributed by atoms with E-state index in [-0.39, 0.29) is 6.10 Å². The number of hydrogen-bond donors (Lipinski definition) is 2. The Bertz CT molecular complexity index is 444. The van der Waals surface area contributed by atoms with Crippen LogP contribution in [0.1, 0.15) is 48.8 Å². The monoisotopic (exact) mass is 231 g/mol. The molecule has 0 spiro atoms. The van der Waals surface area contributed by atoms with Gasteiger partial charge in [0.1, 0.15) is 0 Å². The number of hydrogen-bond acceptors (Lipinski definition) is 2. The lowest BCUT2D eigenvalue weighted by Crippen LogP contribution is -2.28. The van der Waals surface area contributed by atoms with E-state index >= 15 is 0 Å². The highest BCUT2D eigenvalue weighted by atomic mass is 16.3. The van der Waals surface area contributed by atoms with E-state index in [1.807, 2.05) is 18.2 Å². The van der Waals surface area contributed by atoms with Crippen molar-refractivity contribution in [2.24, 2.45) is 5.92 Å². The number of benzene rings is 1. The van der Waals surface area contributed by atoms with Crippen molar-refractivity contribution in [1.29, 1.82) is 0 Å². The van der Waals surface area contributed by atoms with Gasteiger partial charge in [0.2, 0.25) is 6.41 Å². The molecule has 1 aromatic rings. The second-order valence-electron chi connectivity index (χ2n) is 5.14. The molecule has 3 rings (SSSR count). The Labute approximate surface area is 101 Å². The van der Waals surface area contributed by atoms with Crippen molar-refractivity contribution in [3.8, 4) is 0 Å². The molecule has 3 atom stereocenters. The second-order valence-corrected chi connectivity index (χ2v) is 5.14. The van der Waals surface area contributed by atoms with Crippen molar-refractivity contribution in [1.82, 2.24) is 0 Å². The Morgan fingerprint density at radius 1 is 1.35 bits per heavy atom. The van der Waals surface area contributed by atoms with Gasteiger partial charge in [0.15, 0.2) is 0 Å². The first kappa shape index (κ1) is 10.8. The largest absolute Gasteiger partial charge is 0.388 e. The summed E-state index contributed by atoms with van der Waals surface area (Å²) in [7, 11) is 0. The minimum atomic E-state index is -0.352. The summed E-state index contributed by atoms with van der Waals surface area (Å²) in [6.45, 7) is 0. The van der Waals surface area contributed by atoms with E-state index in [1.165, 1.54) is 18.4 Å². The van der Waals surface area contributed by atoms with Crippen molar-refractivity contribution in [3.05, 3.63) is 29.3 Å². The van der Waals surface area contributed by atoms with E-state index < -0.39 is 0 Å². The van der Waals surface area contributed by atoms with Crippen LogP contribution in [0.2, 0.25) is 0 Å². The van der Waals surface area contributed by atoms with Crippen LogP contribution < -0.4 is 5.32 Å². The summed E-state index contributed by atoms with van der Waals surface area (Å²) in [5.74, 6) is 0.920. The minimum Gasteiger partial charge on any atom is -0.388 e. The third-order valence-electron chi connectivity index (χ3n) is 4.24. The van der Waals surface area contributed by atoms with Gasteiger partial charge < -0.3 is 10.4 Å². The number of fused-ring (bicyclic) bond motifs is 4. The molecule has 2 bridgehead atoms. The third-order valence-corrected chi connectivity index (χ3v) is 4.24. The van der Waals surface area contributed by atoms with E-state index in [1.54, 1.807) is 0 Å². The van der Waals surface area contributed by atoms with E-state index in [9.17, 15) is 9.90 Å². The minimum absolute atomic E-state index is 0.352. The molecule has 1 amide bonds. The van der Waals surface area contributed by atoms with Gasteiger partial charge in [-0.1, -0.05) is 18.6 Å². The molecule has 0 aliphatic heterocycles. The molecule has 3 nitrogen and oxygen atoms in total. The lowest BCUT2D eigenvalue weighted by Gasteiger charge is -2.40. The summed E-state index contributed by atoms with van der Waals surface area (Å²) in [5, 5.41) is 13.1. The zero-order chi connectivity index (χ0) is 11.8. The molecule has 0 saturated heterocycles. The number of nitrogens with one attached hydrogen (secondary N) is 1. The zero-order valence-electron chi connectivity index (χ0n) is 9.73. The quantitative estimate of drug-likeness (QED) is 0.768. The number of rotatable bonds is 2. The van der Waals surface area contributed by atoms with Crippen LogP contribution in [0, 0.1) is 5.92 Å². The lowest BCUT2D eigenvalue weighted by molar-refractivity contribution is -0.105. The summed E-state index contributed by atoms with van der Waals surface area (Å²) >= 11 is 0. The topological polar surface area (TPSA) is 49.3 Å². The highest BCUT2D eigenvalue weighted by Gasteiger charge is 2.37. The summed E-state index contributed by atoms with van der Waals surface area (Å²) in [5.41, 5.74) is 3.07. The highest BCUT2D eigenvalue weighted by molar-refractivity contribution is 5.75. The molecule has 3 unspecified atom stereocenters. The van der Waals surface area contributed by atoms with Crippen LogP contribution in [0.15, 0.2) is 18.2 Å². The molecule has 17 heavy (non-hydrogen) atoms. The number of carbonyl (C=O) groups excluding carboxylic acids is 1. The van der Waals surface area contributed by atoms with Crippen molar-refractivity contribution in [2.75, 3.05) is 5.32 Å². The zero-order valence-corrected chi connectivity index (χ0v) is 9.73. The predicted molar refractivity (Wildman–Crippen MR) is 65.8 cm³/mol. The molecular formula is C14H17NO2. The Morgan fingerprint density at radius 2 is 2.24 bits per heavy atom. The number of carbonyl (C=O) groups is 1. The number of aliphatic hydroxyl groups excluding tert-OH is 1. The smallest absolute Gasteiger partial charge is 0.211 e. The standard InChI is InChI=1S/C14H17NO2/c16-8-15-12-6-2-5-11-13(12)9-3-1-4-10(7-9)14(11)17/h2,5-6,8-10,14,17H,1,3-4,7H2,(H,15,16). The van der Waals surface area contributed by atoms with E-state index in [4.69, 9.17) is 0 Å². The Hall–Kier alpha value is -1.35. The fraction of sp³-hybridized carbons (Fsp3) is 0.500. The summed E-state index contributed by atoms with van der Waals surface area (Å²) in [4.78, 5) is 10.6. The molecule has 90 valence electrons. The van der Waals surface area contributed by atoms with Crippen LogP contribution in [-0.4, -0.2) is 11.5 Å². The molecule has 0 aromatic heterocycles.